The van der Waals surface area contributed by atoms with Crippen molar-refractivity contribution in [1.82, 2.24) is 20.9 Å². The van der Waals surface area contributed by atoms with Gasteiger partial charge in [-0.25, -0.2) is 4.79 Å². The predicted molar refractivity (Wildman–Crippen MR) is 101 cm³/mol. The van der Waals surface area contributed by atoms with Crippen molar-refractivity contribution >= 4 is 23.6 Å². The van der Waals surface area contributed by atoms with E-state index in [1.807, 2.05) is 6.07 Å². The van der Waals surface area contributed by atoms with E-state index in [1.165, 1.54) is 10.6 Å². The Morgan fingerprint density at radius 1 is 1.31 bits per heavy atom. The summed E-state index contributed by atoms with van der Waals surface area (Å²) in [5, 5.41) is 9.15. The number of piperidine rings is 1. The second-order valence-corrected chi connectivity index (χ2v) is 6.47. The Hall–Kier alpha value is -2.77. The van der Waals surface area contributed by atoms with Crippen LogP contribution in [0.4, 0.5) is 10.5 Å². The number of benzene rings is 1. The molecule has 2 saturated heterocycles. The highest BCUT2D eigenvalue weighted by molar-refractivity contribution is 6.01. The van der Waals surface area contributed by atoms with Crippen molar-refractivity contribution in [3.05, 3.63) is 30.3 Å². The number of carbonyl (C=O) groups is 2. The van der Waals surface area contributed by atoms with Crippen molar-refractivity contribution in [3.8, 4) is 0 Å². The van der Waals surface area contributed by atoms with Gasteiger partial charge in [0.15, 0.2) is 5.96 Å². The third-order valence-corrected chi connectivity index (χ3v) is 4.67. The van der Waals surface area contributed by atoms with Gasteiger partial charge >= 0.3 is 6.03 Å². The first-order valence-electron chi connectivity index (χ1n) is 9.03. The third kappa shape index (κ3) is 4.44. The highest BCUT2D eigenvalue weighted by Gasteiger charge is 2.27. The monoisotopic (exact) mass is 358 g/mol. The molecule has 2 heterocycles. The van der Waals surface area contributed by atoms with Crippen LogP contribution >= 0.6 is 0 Å². The lowest BCUT2D eigenvalue weighted by molar-refractivity contribution is -0.124. The number of nitrogens with zero attached hydrogens (tertiary/aromatic N) is 3. The molecule has 1 atom stereocenters. The van der Waals surface area contributed by atoms with E-state index in [9.17, 15) is 9.59 Å². The zero-order valence-corrected chi connectivity index (χ0v) is 15.1. The SMILES string of the molecule is CN=C(NCCN1C(=O)CNC1=O)NC1CCCN(c2ccccc2)C1. The maximum atomic E-state index is 11.6. The molecule has 3 rings (SSSR count). The van der Waals surface area contributed by atoms with Gasteiger partial charge < -0.3 is 20.9 Å². The van der Waals surface area contributed by atoms with E-state index in [0.29, 0.717) is 25.1 Å². The molecule has 0 aliphatic carbocycles. The summed E-state index contributed by atoms with van der Waals surface area (Å²) in [5.74, 6) is 0.502. The molecule has 0 radical (unpaired) electrons. The van der Waals surface area contributed by atoms with E-state index < -0.39 is 0 Å². The second kappa shape index (κ2) is 8.55. The minimum Gasteiger partial charge on any atom is -0.369 e. The van der Waals surface area contributed by atoms with Crippen LogP contribution in [0.25, 0.3) is 0 Å². The van der Waals surface area contributed by atoms with Gasteiger partial charge in [0.25, 0.3) is 0 Å². The molecule has 0 saturated carbocycles. The van der Waals surface area contributed by atoms with Gasteiger partial charge in [-0.05, 0) is 25.0 Å². The highest BCUT2D eigenvalue weighted by Crippen LogP contribution is 2.19. The van der Waals surface area contributed by atoms with Gasteiger partial charge in [0.05, 0.1) is 6.54 Å². The number of nitrogens with one attached hydrogen (secondary N) is 3. The third-order valence-electron chi connectivity index (χ3n) is 4.67. The van der Waals surface area contributed by atoms with Crippen LogP contribution in [-0.2, 0) is 4.79 Å². The Morgan fingerprint density at radius 3 is 2.81 bits per heavy atom. The van der Waals surface area contributed by atoms with E-state index in [4.69, 9.17) is 0 Å². The topological polar surface area (TPSA) is 89.1 Å². The molecule has 8 heteroatoms. The highest BCUT2D eigenvalue weighted by atomic mass is 16.2. The maximum Gasteiger partial charge on any atom is 0.324 e. The molecular formula is C18H26N6O2. The van der Waals surface area contributed by atoms with Crippen molar-refractivity contribution in [2.75, 3.05) is 44.7 Å². The second-order valence-electron chi connectivity index (χ2n) is 6.47. The quantitative estimate of drug-likeness (QED) is 0.402. The van der Waals surface area contributed by atoms with E-state index in [2.05, 4.69) is 50.1 Å². The molecule has 140 valence electrons. The van der Waals surface area contributed by atoms with Gasteiger partial charge in [-0.1, -0.05) is 18.2 Å². The number of rotatable bonds is 5. The first-order valence-corrected chi connectivity index (χ1v) is 9.03. The molecule has 1 unspecified atom stereocenters. The normalized spacial score (nSPS) is 21.0. The average Bonchev–Trinajstić information content (AvgIpc) is 3.00. The van der Waals surface area contributed by atoms with Crippen molar-refractivity contribution < 1.29 is 9.59 Å². The summed E-state index contributed by atoms with van der Waals surface area (Å²) in [6.07, 6.45) is 2.20. The molecule has 26 heavy (non-hydrogen) atoms. The number of amides is 3. The summed E-state index contributed by atoms with van der Waals surface area (Å²) in [6.45, 7) is 2.85. The maximum absolute atomic E-state index is 11.6. The van der Waals surface area contributed by atoms with Gasteiger partial charge in [-0.3, -0.25) is 14.7 Å². The van der Waals surface area contributed by atoms with E-state index in [1.54, 1.807) is 7.05 Å². The molecule has 1 aromatic rings. The van der Waals surface area contributed by atoms with E-state index >= 15 is 0 Å². The number of para-hydroxylation sites is 1. The van der Waals surface area contributed by atoms with Gasteiger partial charge in [-0.15, -0.1) is 0 Å². The molecule has 3 N–H and O–H groups in total. The summed E-state index contributed by atoms with van der Waals surface area (Å²) >= 11 is 0. The molecule has 0 bridgehead atoms. The Labute approximate surface area is 153 Å². The van der Waals surface area contributed by atoms with Gasteiger partial charge in [0, 0.05) is 45.0 Å². The van der Waals surface area contributed by atoms with Crippen LogP contribution in [0.1, 0.15) is 12.8 Å². The van der Waals surface area contributed by atoms with Crippen molar-refractivity contribution in [3.63, 3.8) is 0 Å². The summed E-state index contributed by atoms with van der Waals surface area (Å²) in [4.78, 5) is 31.0. The number of anilines is 1. The van der Waals surface area contributed by atoms with E-state index in [0.717, 1.165) is 25.9 Å². The average molecular weight is 358 g/mol. The van der Waals surface area contributed by atoms with Crippen molar-refractivity contribution in [1.29, 1.82) is 0 Å². The van der Waals surface area contributed by atoms with E-state index in [-0.39, 0.29) is 18.5 Å². The zero-order valence-electron chi connectivity index (χ0n) is 15.1. The van der Waals surface area contributed by atoms with Crippen LogP contribution in [-0.4, -0.2) is 68.6 Å². The van der Waals surface area contributed by atoms with Gasteiger partial charge in [-0.2, -0.15) is 0 Å². The Morgan fingerprint density at radius 2 is 2.12 bits per heavy atom. The van der Waals surface area contributed by atoms with Gasteiger partial charge in [0.1, 0.15) is 0 Å². The van der Waals surface area contributed by atoms with Crippen LogP contribution in [0.15, 0.2) is 35.3 Å². The predicted octanol–water partition coefficient (Wildman–Crippen LogP) is 0.372. The number of hydrogen-bond donors (Lipinski definition) is 3. The lowest BCUT2D eigenvalue weighted by Gasteiger charge is -2.35. The van der Waals surface area contributed by atoms with Crippen LogP contribution < -0.4 is 20.9 Å². The summed E-state index contributed by atoms with van der Waals surface area (Å²) in [6, 6.07) is 10.4. The number of hydrogen-bond acceptors (Lipinski definition) is 4. The smallest absolute Gasteiger partial charge is 0.324 e. The molecule has 2 fully saturated rings. The number of urea groups is 1. The van der Waals surface area contributed by atoms with Crippen LogP contribution in [0.2, 0.25) is 0 Å². The molecule has 0 spiro atoms. The summed E-state index contributed by atoms with van der Waals surface area (Å²) in [5.41, 5.74) is 1.24. The lowest BCUT2D eigenvalue weighted by Crippen LogP contribution is -2.52. The Balaban J connectivity index is 1.47. The summed E-state index contributed by atoms with van der Waals surface area (Å²) in [7, 11) is 1.72. The molecule has 1 aromatic carbocycles. The molecule has 2 aliphatic heterocycles. The minimum absolute atomic E-state index is 0.0865. The fraction of sp³-hybridized carbons (Fsp3) is 0.500. The number of carbonyl (C=O) groups excluding carboxylic acids is 2. The van der Waals surface area contributed by atoms with Crippen molar-refractivity contribution in [2.45, 2.75) is 18.9 Å². The van der Waals surface area contributed by atoms with Crippen LogP contribution in [0, 0.1) is 0 Å². The van der Waals surface area contributed by atoms with Gasteiger partial charge in [0.2, 0.25) is 5.91 Å². The fourth-order valence-corrected chi connectivity index (χ4v) is 3.32. The first-order chi connectivity index (χ1) is 12.7. The molecule has 0 aromatic heterocycles. The zero-order chi connectivity index (χ0) is 18.4. The molecule has 8 nitrogen and oxygen atoms in total. The molecular weight excluding hydrogens is 332 g/mol. The molecule has 2 aliphatic rings. The lowest BCUT2D eigenvalue weighted by atomic mass is 10.1. The fourth-order valence-electron chi connectivity index (χ4n) is 3.32. The first kappa shape index (κ1) is 18.0. The Bertz CT molecular complexity index is 647. The number of imide groups is 1. The van der Waals surface area contributed by atoms with Crippen LogP contribution in [0.3, 0.4) is 0 Å². The molecule has 3 amide bonds. The van der Waals surface area contributed by atoms with Crippen LogP contribution in [0.5, 0.6) is 0 Å². The Kier molecular flexibility index (Phi) is 5.93. The van der Waals surface area contributed by atoms with Crippen molar-refractivity contribution in [2.24, 2.45) is 4.99 Å². The largest absolute Gasteiger partial charge is 0.369 e. The minimum atomic E-state index is -0.328. The standard InChI is InChI=1S/C18H26N6O2/c1-19-17(20-9-11-24-16(25)12-21-18(24)26)22-14-6-5-10-23(13-14)15-7-3-2-4-8-15/h2-4,7-8,14H,5-6,9-13H2,1H3,(H,21,26)(H2,19,20,22). The number of guanidine groups is 1. The number of aliphatic imine (C=N–C) groups is 1. The summed E-state index contributed by atoms with van der Waals surface area (Å²) < 4.78 is 0.